The Kier molecular flexibility index (Phi) is 22.5. The molecule has 464 valence electrons. The summed E-state index contributed by atoms with van der Waals surface area (Å²) in [6, 6.07) is 6.67. The summed E-state index contributed by atoms with van der Waals surface area (Å²) in [5, 5.41) is 30.6. The fraction of sp³-hybridized carbons (Fsp3) is 0.483. The molecule has 4 N–H and O–H groups in total. The number of ether oxygens (including phenoxy) is 2. The number of fused-ring (bicyclic) bond motifs is 2. The zero-order valence-electron chi connectivity index (χ0n) is 47.6. The molecule has 0 bridgehead atoms. The number of nitrogens with zero attached hydrogens (tertiary/aromatic N) is 9. The van der Waals surface area contributed by atoms with E-state index in [0.29, 0.717) is 120 Å². The van der Waals surface area contributed by atoms with Crippen molar-refractivity contribution in [2.24, 2.45) is 20.8 Å². The molecule has 28 heteroatoms. The number of hydrogen-bond acceptors (Lipinski definition) is 17. The predicted octanol–water partition coefficient (Wildman–Crippen LogP) is 9.64. The van der Waals surface area contributed by atoms with Crippen molar-refractivity contribution in [3.05, 3.63) is 125 Å². The van der Waals surface area contributed by atoms with Gasteiger partial charge < -0.3 is 49.9 Å². The number of benzene rings is 2. The number of thiazole rings is 2. The van der Waals surface area contributed by atoms with E-state index in [0.717, 1.165) is 25.9 Å². The van der Waals surface area contributed by atoms with Crippen molar-refractivity contribution in [2.75, 3.05) is 78.5 Å². The summed E-state index contributed by atoms with van der Waals surface area (Å²) in [5.74, 6) is -2.81. The molecular formula is C58H70BrCl2F2N11O10S2. The highest BCUT2D eigenvalue weighted by molar-refractivity contribution is 9.09. The second-order valence-corrected chi connectivity index (χ2v) is 25.3. The van der Waals surface area contributed by atoms with Gasteiger partial charge >= 0.3 is 35.9 Å². The minimum Gasteiger partial charge on any atom is -0.481 e. The van der Waals surface area contributed by atoms with Crippen LogP contribution in [-0.2, 0) is 28.7 Å². The lowest BCUT2D eigenvalue weighted by atomic mass is 9.89. The van der Waals surface area contributed by atoms with Gasteiger partial charge in [-0.05, 0) is 84.1 Å². The monoisotopic (exact) mass is 1330 g/mol. The number of aliphatic carboxylic acids is 2. The smallest absolute Gasteiger partial charge is 0.338 e. The van der Waals surface area contributed by atoms with E-state index >= 15 is 0 Å². The van der Waals surface area contributed by atoms with Gasteiger partial charge in [-0.15, -0.1) is 22.7 Å². The molecule has 86 heavy (non-hydrogen) atoms. The fourth-order valence-corrected chi connectivity index (χ4v) is 12.7. The summed E-state index contributed by atoms with van der Waals surface area (Å²) < 4.78 is 37.4. The van der Waals surface area contributed by atoms with Gasteiger partial charge in [0, 0.05) is 120 Å². The van der Waals surface area contributed by atoms with Gasteiger partial charge in [0.2, 0.25) is 0 Å². The molecule has 0 saturated carbocycles. The first-order valence-electron chi connectivity index (χ1n) is 27.3. The van der Waals surface area contributed by atoms with Crippen LogP contribution >= 0.6 is 61.8 Å². The number of piperidine rings is 1. The standard InChI is InChI=1S/C28H32ClFN6O5S.C16H12BrClFN3O2S.C13H22N2O3.CH4/c1-28(2,26(38)39)6-8-35-14-17-13-34(9-10-36(17)27(35)40)15-20-21(25(37)41-3)22(18-5-4-16(30)12-19(18)29)33-23(32-20)24-31-7-11-42-24;1-24-16(23)12-11(7-17)21-14(15-20-4-5-25-15)22-13(12)9-3-2-8(19)6-10(9)18;1-13(2,11(16)17)6-8-14-9-10-5-3-4-7-15(10)12(14)18;/h4-5,7,11-12,17,22H,6,8-10,13-15H2,1-3H3,(H,32,33)(H,38,39);2-6,13H,7H2,1H3,(H,21,22);10H,3-9H2,1-2H3,(H,16,17);1H4/t17-,22-;13-;10-;/m000./s1. The lowest BCUT2D eigenvalue weighted by Crippen LogP contribution is -2.53. The second kappa shape index (κ2) is 29.0. The van der Waals surface area contributed by atoms with Crippen LogP contribution in [0.3, 0.4) is 0 Å². The highest BCUT2D eigenvalue weighted by Gasteiger charge is 2.44. The van der Waals surface area contributed by atoms with Crippen molar-refractivity contribution < 1.29 is 57.2 Å². The Hall–Kier alpha value is -6.58. The Balaban J connectivity index is 0.000000203. The number of nitrogens with one attached hydrogen (secondary N) is 2. The van der Waals surface area contributed by atoms with Gasteiger partial charge in [-0.1, -0.05) is 58.7 Å². The molecule has 2 aromatic heterocycles. The van der Waals surface area contributed by atoms with E-state index in [-0.39, 0.29) is 41.1 Å². The van der Waals surface area contributed by atoms with E-state index in [2.05, 4.69) is 46.4 Å². The molecule has 6 aliphatic heterocycles. The van der Waals surface area contributed by atoms with Gasteiger partial charge in [-0.25, -0.2) is 37.9 Å². The second-order valence-electron chi connectivity index (χ2n) is 22.2. The Morgan fingerprint density at radius 2 is 1.16 bits per heavy atom. The highest BCUT2D eigenvalue weighted by Crippen LogP contribution is 2.39. The maximum absolute atomic E-state index is 13.9. The van der Waals surface area contributed by atoms with Crippen LogP contribution in [0.2, 0.25) is 10.0 Å². The Morgan fingerprint density at radius 1 is 0.698 bits per heavy atom. The number of esters is 2. The number of carboxylic acid groups (broad SMARTS) is 2. The quantitative estimate of drug-likeness (QED) is 0.0567. The number of amides is 4. The third kappa shape index (κ3) is 15.4. The first-order chi connectivity index (χ1) is 40.4. The molecule has 4 amide bonds. The maximum Gasteiger partial charge on any atom is 0.338 e. The van der Waals surface area contributed by atoms with E-state index < -0.39 is 58.4 Å². The lowest BCUT2D eigenvalue weighted by molar-refractivity contribution is -0.148. The number of carbonyl (C=O) groups is 6. The molecule has 4 fully saturated rings. The number of hydrogen-bond donors (Lipinski definition) is 4. The zero-order valence-corrected chi connectivity index (χ0v) is 52.3. The average molecular weight is 1330 g/mol. The number of carboxylic acids is 2. The molecule has 0 spiro atoms. The van der Waals surface area contributed by atoms with E-state index in [1.165, 1.54) is 79.7 Å². The summed E-state index contributed by atoms with van der Waals surface area (Å²) in [7, 11) is 2.59. The first kappa shape index (κ1) is 66.9. The van der Waals surface area contributed by atoms with Crippen LogP contribution in [0.15, 0.2) is 92.1 Å². The van der Waals surface area contributed by atoms with Crippen LogP contribution in [-0.4, -0.2) is 183 Å². The Morgan fingerprint density at radius 3 is 1.59 bits per heavy atom. The number of aromatic nitrogens is 2. The molecule has 6 aliphatic rings. The van der Waals surface area contributed by atoms with E-state index in [9.17, 15) is 42.7 Å². The summed E-state index contributed by atoms with van der Waals surface area (Å²) in [5.41, 5.74) is 1.00. The van der Waals surface area contributed by atoms with Gasteiger partial charge in [0.15, 0.2) is 21.7 Å². The number of halogens is 5. The fourth-order valence-electron chi connectivity index (χ4n) is 10.5. The third-order valence-electron chi connectivity index (χ3n) is 15.6. The van der Waals surface area contributed by atoms with Crippen LogP contribution in [0.1, 0.15) is 100 Å². The van der Waals surface area contributed by atoms with Crippen LogP contribution in [0.25, 0.3) is 0 Å². The third-order valence-corrected chi connectivity index (χ3v) is 18.4. The van der Waals surface area contributed by atoms with Crippen molar-refractivity contribution in [2.45, 2.75) is 91.4 Å². The number of alkyl halides is 1. The van der Waals surface area contributed by atoms with Crippen LogP contribution in [0.5, 0.6) is 0 Å². The first-order valence-corrected chi connectivity index (χ1v) is 31.0. The van der Waals surface area contributed by atoms with Crippen molar-refractivity contribution in [1.82, 2.24) is 45.1 Å². The van der Waals surface area contributed by atoms with Gasteiger partial charge in [0.05, 0.1) is 48.3 Å². The van der Waals surface area contributed by atoms with E-state index in [1.807, 2.05) is 25.5 Å². The van der Waals surface area contributed by atoms with Crippen LogP contribution < -0.4 is 10.6 Å². The molecule has 4 saturated heterocycles. The summed E-state index contributed by atoms with van der Waals surface area (Å²) >= 11 is 18.8. The van der Waals surface area contributed by atoms with Gasteiger partial charge in [-0.2, -0.15) is 0 Å². The summed E-state index contributed by atoms with van der Waals surface area (Å²) in [6.45, 7) is 11.7. The van der Waals surface area contributed by atoms with Gasteiger partial charge in [-0.3, -0.25) is 24.5 Å². The molecule has 4 atom stereocenters. The summed E-state index contributed by atoms with van der Waals surface area (Å²) in [6.07, 6.45) is 7.56. The molecule has 0 radical (unpaired) electrons. The minimum absolute atomic E-state index is 0. The minimum atomic E-state index is -0.931. The van der Waals surface area contributed by atoms with Crippen molar-refractivity contribution in [3.63, 3.8) is 0 Å². The number of amidine groups is 2. The number of allylic oxidation sites excluding steroid dienone is 1. The largest absolute Gasteiger partial charge is 0.481 e. The van der Waals surface area contributed by atoms with E-state index in [1.54, 1.807) is 45.0 Å². The van der Waals surface area contributed by atoms with Gasteiger partial charge in [0.25, 0.3) is 0 Å². The highest BCUT2D eigenvalue weighted by atomic mass is 79.9. The molecule has 10 rings (SSSR count). The van der Waals surface area contributed by atoms with E-state index in [4.69, 9.17) is 42.8 Å². The van der Waals surface area contributed by atoms with Crippen LogP contribution in [0, 0.1) is 22.5 Å². The molecule has 2 aromatic carbocycles. The number of carbonyl (C=O) groups excluding carboxylic acids is 4. The normalized spacial score (nSPS) is 20.5. The van der Waals surface area contributed by atoms with Crippen molar-refractivity contribution in [1.29, 1.82) is 0 Å². The average Bonchev–Trinajstić information content (AvgIpc) is 1.21. The summed E-state index contributed by atoms with van der Waals surface area (Å²) in [4.78, 5) is 101. The molecule has 4 aromatic rings. The number of urea groups is 2. The van der Waals surface area contributed by atoms with Crippen LogP contribution in [0.4, 0.5) is 18.4 Å². The SMILES string of the molecule is C.CC(C)(CCN1C[C@@H]2CCCCN2C1=O)C(=O)O.COC(=O)C1=C(CBr)NC(c2nccs2)=N[C@H]1c1ccc(F)cc1Cl.COC(=O)C1=C(CN2CCN3C(=O)N(CCC(C)(C)C(=O)O)C[C@@H]3C2)NC(c2nccs2)=N[C@H]1c1ccc(F)cc1Cl. The number of rotatable bonds is 17. The van der Waals surface area contributed by atoms with Crippen molar-refractivity contribution >= 4 is 109 Å². The molecule has 0 unspecified atom stereocenters. The van der Waals surface area contributed by atoms with Crippen molar-refractivity contribution in [3.8, 4) is 0 Å². The Bertz CT molecular complexity index is 3300. The number of piperazine rings is 1. The molecular weight excluding hydrogens is 1260 g/mol. The predicted molar refractivity (Wildman–Crippen MR) is 328 cm³/mol. The molecule has 8 heterocycles. The number of methoxy groups -OCH3 is 2. The molecule has 21 nitrogen and oxygen atoms in total. The zero-order chi connectivity index (χ0) is 61.5. The Labute approximate surface area is 524 Å². The lowest BCUT2D eigenvalue weighted by Gasteiger charge is -2.38. The number of aliphatic imine (C=N–C) groups is 2. The topological polar surface area (TPSA) is 252 Å². The van der Waals surface area contributed by atoms with Gasteiger partial charge in [0.1, 0.15) is 23.7 Å². The maximum atomic E-state index is 13.9. The molecule has 0 aliphatic carbocycles.